The summed E-state index contributed by atoms with van der Waals surface area (Å²) in [5.41, 5.74) is 2.08. The molecule has 4 nitrogen and oxygen atoms in total. The lowest BCUT2D eigenvalue weighted by Gasteiger charge is -2.28. The topological polar surface area (TPSA) is 58.2 Å². The number of carbonyl (C=O) groups excluding carboxylic acids is 2. The van der Waals surface area contributed by atoms with E-state index in [1.165, 1.54) is 11.8 Å². The van der Waals surface area contributed by atoms with Crippen molar-refractivity contribution < 1.29 is 9.59 Å². The van der Waals surface area contributed by atoms with Gasteiger partial charge in [0, 0.05) is 15.1 Å². The number of benzene rings is 2. The molecule has 0 unspecified atom stereocenters. The summed E-state index contributed by atoms with van der Waals surface area (Å²) >= 11 is 4.98. The maximum absolute atomic E-state index is 13.2. The van der Waals surface area contributed by atoms with Crippen LogP contribution >= 0.6 is 27.7 Å². The molecule has 0 aromatic heterocycles. The molecule has 134 valence electrons. The van der Waals surface area contributed by atoms with Crippen LogP contribution in [-0.2, 0) is 15.0 Å². The first-order valence-corrected chi connectivity index (χ1v) is 10.5. The molecule has 0 spiro atoms. The summed E-state index contributed by atoms with van der Waals surface area (Å²) in [6.07, 6.45) is 3.83. The Kier molecular flexibility index (Phi) is 4.80. The summed E-state index contributed by atoms with van der Waals surface area (Å²) in [6, 6.07) is 13.8. The number of hydrogen-bond acceptors (Lipinski definition) is 3. The van der Waals surface area contributed by atoms with Gasteiger partial charge in [0.2, 0.25) is 11.8 Å². The summed E-state index contributed by atoms with van der Waals surface area (Å²) in [5, 5.41) is 5.97. The summed E-state index contributed by atoms with van der Waals surface area (Å²) < 4.78 is 1.01. The molecule has 1 fully saturated rings. The number of carbonyl (C=O) groups is 2. The van der Waals surface area contributed by atoms with Crippen molar-refractivity contribution in [3.05, 3.63) is 52.5 Å². The van der Waals surface area contributed by atoms with Crippen LogP contribution in [0.2, 0.25) is 0 Å². The van der Waals surface area contributed by atoms with E-state index in [1.807, 2.05) is 42.5 Å². The van der Waals surface area contributed by atoms with Crippen molar-refractivity contribution >= 4 is 50.9 Å². The number of nitrogens with one attached hydrogen (secondary N) is 2. The van der Waals surface area contributed by atoms with E-state index in [-0.39, 0.29) is 11.8 Å². The van der Waals surface area contributed by atoms with Crippen LogP contribution < -0.4 is 10.6 Å². The van der Waals surface area contributed by atoms with Crippen LogP contribution in [0.25, 0.3) is 0 Å². The van der Waals surface area contributed by atoms with E-state index in [0.29, 0.717) is 5.75 Å². The summed E-state index contributed by atoms with van der Waals surface area (Å²) in [6.45, 7) is 0. The third kappa shape index (κ3) is 3.28. The fourth-order valence-electron chi connectivity index (χ4n) is 3.81. The predicted octanol–water partition coefficient (Wildman–Crippen LogP) is 4.94. The van der Waals surface area contributed by atoms with Crippen LogP contribution in [-0.4, -0.2) is 17.6 Å². The Balaban J connectivity index is 1.61. The molecule has 4 rings (SSSR count). The molecular formula is C20H19BrN2O2S. The van der Waals surface area contributed by atoms with Crippen molar-refractivity contribution in [1.82, 2.24) is 0 Å². The zero-order valence-corrected chi connectivity index (χ0v) is 16.6. The number of rotatable bonds is 3. The van der Waals surface area contributed by atoms with Gasteiger partial charge in [0.15, 0.2) is 0 Å². The monoisotopic (exact) mass is 430 g/mol. The highest BCUT2D eigenvalue weighted by Gasteiger charge is 2.42. The normalized spacial score (nSPS) is 18.1. The molecule has 0 atom stereocenters. The number of halogens is 1. The first kappa shape index (κ1) is 17.6. The van der Waals surface area contributed by atoms with Gasteiger partial charge in [-0.05, 0) is 48.7 Å². The number of hydrogen-bond donors (Lipinski definition) is 2. The largest absolute Gasteiger partial charge is 0.325 e. The zero-order chi connectivity index (χ0) is 18.1. The van der Waals surface area contributed by atoms with E-state index < -0.39 is 5.41 Å². The van der Waals surface area contributed by atoms with Gasteiger partial charge in [0.1, 0.15) is 0 Å². The van der Waals surface area contributed by atoms with E-state index in [1.54, 1.807) is 0 Å². The standard InChI is InChI=1S/C20H19BrN2O2S/c21-14-5-3-13(4-6-14)20(9-1-2-10-20)19(25)22-15-7-8-17-16(11-15)23-18(24)12-26-17/h3-8,11H,1-2,9-10,12H2,(H,22,25)(H,23,24). The van der Waals surface area contributed by atoms with Crippen molar-refractivity contribution in [2.45, 2.75) is 36.0 Å². The summed E-state index contributed by atoms with van der Waals surface area (Å²) in [7, 11) is 0. The molecule has 2 amide bonds. The SMILES string of the molecule is O=C1CSc2ccc(NC(=O)C3(c4ccc(Br)cc4)CCCC3)cc2N1. The Morgan fingerprint density at radius 1 is 1.12 bits per heavy atom. The van der Waals surface area contributed by atoms with Gasteiger partial charge in [-0.3, -0.25) is 9.59 Å². The number of thioether (sulfide) groups is 1. The Morgan fingerprint density at radius 2 is 1.85 bits per heavy atom. The second-order valence-electron chi connectivity index (χ2n) is 6.80. The first-order chi connectivity index (χ1) is 12.6. The molecule has 2 aliphatic rings. The molecule has 0 radical (unpaired) electrons. The molecule has 26 heavy (non-hydrogen) atoms. The fourth-order valence-corrected chi connectivity index (χ4v) is 4.86. The predicted molar refractivity (Wildman–Crippen MR) is 109 cm³/mol. The number of amides is 2. The highest BCUT2D eigenvalue weighted by Crippen LogP contribution is 2.43. The van der Waals surface area contributed by atoms with Gasteiger partial charge < -0.3 is 10.6 Å². The maximum atomic E-state index is 13.2. The molecule has 2 aromatic carbocycles. The minimum absolute atomic E-state index is 0.00639. The molecule has 6 heteroatoms. The summed E-state index contributed by atoms with van der Waals surface area (Å²) in [4.78, 5) is 25.9. The lowest BCUT2D eigenvalue weighted by atomic mass is 9.78. The van der Waals surface area contributed by atoms with Gasteiger partial charge in [0.05, 0.1) is 16.9 Å². The van der Waals surface area contributed by atoms with Gasteiger partial charge in [-0.1, -0.05) is 40.9 Å². The van der Waals surface area contributed by atoms with E-state index in [4.69, 9.17) is 0 Å². The first-order valence-electron chi connectivity index (χ1n) is 8.71. The molecule has 0 bridgehead atoms. The Hall–Kier alpha value is -1.79. The van der Waals surface area contributed by atoms with E-state index in [9.17, 15) is 9.59 Å². The van der Waals surface area contributed by atoms with E-state index in [0.717, 1.165) is 52.0 Å². The lowest BCUT2D eigenvalue weighted by Crippen LogP contribution is -2.38. The molecule has 1 aliphatic heterocycles. The minimum Gasteiger partial charge on any atom is -0.325 e. The number of anilines is 2. The number of fused-ring (bicyclic) bond motifs is 1. The second kappa shape index (κ2) is 7.08. The zero-order valence-electron chi connectivity index (χ0n) is 14.2. The van der Waals surface area contributed by atoms with Crippen LogP contribution in [0.4, 0.5) is 11.4 Å². The fraction of sp³-hybridized carbons (Fsp3) is 0.300. The Morgan fingerprint density at radius 3 is 2.58 bits per heavy atom. The molecule has 1 heterocycles. The van der Waals surface area contributed by atoms with Crippen molar-refractivity contribution in [3.8, 4) is 0 Å². The molecular weight excluding hydrogens is 412 g/mol. The molecule has 1 aliphatic carbocycles. The van der Waals surface area contributed by atoms with Crippen LogP contribution in [0, 0.1) is 0 Å². The van der Waals surface area contributed by atoms with Crippen molar-refractivity contribution in [2.24, 2.45) is 0 Å². The van der Waals surface area contributed by atoms with Gasteiger partial charge in [-0.15, -0.1) is 11.8 Å². The van der Waals surface area contributed by atoms with Gasteiger partial charge >= 0.3 is 0 Å². The highest BCUT2D eigenvalue weighted by molar-refractivity contribution is 9.10. The van der Waals surface area contributed by atoms with Crippen LogP contribution in [0.3, 0.4) is 0 Å². The molecule has 1 saturated carbocycles. The lowest BCUT2D eigenvalue weighted by molar-refractivity contribution is -0.121. The minimum atomic E-state index is -0.478. The van der Waals surface area contributed by atoms with E-state index in [2.05, 4.69) is 26.6 Å². The Bertz CT molecular complexity index is 861. The van der Waals surface area contributed by atoms with Gasteiger partial charge in [-0.25, -0.2) is 0 Å². The third-order valence-corrected chi connectivity index (χ3v) is 6.76. The van der Waals surface area contributed by atoms with Gasteiger partial charge in [-0.2, -0.15) is 0 Å². The third-order valence-electron chi connectivity index (χ3n) is 5.16. The molecule has 0 saturated heterocycles. The average molecular weight is 431 g/mol. The second-order valence-corrected chi connectivity index (χ2v) is 8.73. The average Bonchev–Trinajstić information content (AvgIpc) is 3.13. The summed E-state index contributed by atoms with van der Waals surface area (Å²) in [5.74, 6) is 0.464. The van der Waals surface area contributed by atoms with Gasteiger partial charge in [0.25, 0.3) is 0 Å². The quantitative estimate of drug-likeness (QED) is 0.724. The highest BCUT2D eigenvalue weighted by atomic mass is 79.9. The van der Waals surface area contributed by atoms with Crippen molar-refractivity contribution in [2.75, 3.05) is 16.4 Å². The smallest absolute Gasteiger partial charge is 0.235 e. The van der Waals surface area contributed by atoms with E-state index >= 15 is 0 Å². The van der Waals surface area contributed by atoms with Crippen LogP contribution in [0.15, 0.2) is 51.8 Å². The van der Waals surface area contributed by atoms with Crippen LogP contribution in [0.1, 0.15) is 31.2 Å². The molecule has 2 aromatic rings. The van der Waals surface area contributed by atoms with Crippen molar-refractivity contribution in [1.29, 1.82) is 0 Å². The maximum Gasteiger partial charge on any atom is 0.235 e. The Labute approximate surface area is 165 Å². The molecule has 2 N–H and O–H groups in total. The van der Waals surface area contributed by atoms with Crippen LogP contribution in [0.5, 0.6) is 0 Å². The van der Waals surface area contributed by atoms with Crippen molar-refractivity contribution in [3.63, 3.8) is 0 Å².